The van der Waals surface area contributed by atoms with Gasteiger partial charge in [0.05, 0.1) is 5.69 Å². The van der Waals surface area contributed by atoms with Crippen molar-refractivity contribution in [3.05, 3.63) is 58.6 Å². The number of amides is 2. The van der Waals surface area contributed by atoms with Crippen LogP contribution in [0.2, 0.25) is 5.02 Å². The Hall–Kier alpha value is -2.34. The quantitative estimate of drug-likeness (QED) is 0.862. The lowest BCUT2D eigenvalue weighted by atomic mass is 10.1. The molecule has 0 aromatic heterocycles. The summed E-state index contributed by atoms with van der Waals surface area (Å²) >= 11 is 5.99. The Morgan fingerprint density at radius 3 is 2.44 bits per heavy atom. The van der Waals surface area contributed by atoms with E-state index in [1.165, 1.54) is 6.07 Å². The first-order valence-electron chi connectivity index (χ1n) is 7.96. The molecule has 1 N–H and O–H groups in total. The Bertz CT molecular complexity index is 792. The number of benzene rings is 2. The van der Waals surface area contributed by atoms with Gasteiger partial charge in [0, 0.05) is 43.0 Å². The molecule has 132 valence electrons. The largest absolute Gasteiger partial charge is 0.368 e. The molecule has 1 aliphatic heterocycles. The molecule has 3 rings (SSSR count). The summed E-state index contributed by atoms with van der Waals surface area (Å²) in [6.45, 7) is 4.36. The molecular weight excluding hydrogens is 348 g/mol. The third-order valence-electron chi connectivity index (χ3n) is 4.24. The number of hydrogen-bond donors (Lipinski definition) is 1. The fourth-order valence-electron chi connectivity index (χ4n) is 2.91. The summed E-state index contributed by atoms with van der Waals surface area (Å²) < 4.78 is 26.6. The highest BCUT2D eigenvalue weighted by atomic mass is 35.5. The van der Waals surface area contributed by atoms with Crippen molar-refractivity contribution >= 4 is 29.0 Å². The Morgan fingerprint density at radius 2 is 1.80 bits per heavy atom. The first kappa shape index (κ1) is 17.5. The zero-order chi connectivity index (χ0) is 18.0. The Labute approximate surface area is 150 Å². The Kier molecular flexibility index (Phi) is 5.08. The first-order chi connectivity index (χ1) is 11.9. The summed E-state index contributed by atoms with van der Waals surface area (Å²) in [4.78, 5) is 16.1. The van der Waals surface area contributed by atoms with Crippen LogP contribution in [0, 0.1) is 18.6 Å². The van der Waals surface area contributed by atoms with Crippen LogP contribution >= 0.6 is 11.6 Å². The van der Waals surface area contributed by atoms with E-state index in [0.717, 1.165) is 23.4 Å². The minimum Gasteiger partial charge on any atom is -0.368 e. The van der Waals surface area contributed by atoms with E-state index in [1.54, 1.807) is 4.90 Å². The number of nitrogens with one attached hydrogen (secondary N) is 1. The van der Waals surface area contributed by atoms with Gasteiger partial charge in [-0.25, -0.2) is 13.6 Å². The normalized spacial score (nSPS) is 14.6. The lowest BCUT2D eigenvalue weighted by Gasteiger charge is -2.36. The van der Waals surface area contributed by atoms with Crippen molar-refractivity contribution in [1.29, 1.82) is 0 Å². The van der Waals surface area contributed by atoms with Gasteiger partial charge in [0.1, 0.15) is 11.6 Å². The lowest BCUT2D eigenvalue weighted by molar-refractivity contribution is 0.208. The van der Waals surface area contributed by atoms with E-state index >= 15 is 0 Å². The molecule has 0 atom stereocenters. The van der Waals surface area contributed by atoms with Gasteiger partial charge in [0.15, 0.2) is 0 Å². The van der Waals surface area contributed by atoms with Crippen LogP contribution in [-0.4, -0.2) is 37.1 Å². The predicted octanol–water partition coefficient (Wildman–Crippen LogP) is 4.28. The van der Waals surface area contributed by atoms with E-state index in [-0.39, 0.29) is 5.69 Å². The molecule has 1 saturated heterocycles. The minimum absolute atomic E-state index is 0.0256. The highest BCUT2D eigenvalue weighted by molar-refractivity contribution is 6.30. The lowest BCUT2D eigenvalue weighted by Crippen LogP contribution is -2.50. The standard InChI is InChI=1S/C18H18ClF2N3O/c1-12-10-13(19)2-5-17(12)23-6-8-24(9-7-23)18(25)22-16-4-3-14(20)11-15(16)21/h2-5,10-11H,6-9H2,1H3,(H,22,25). The average Bonchev–Trinajstić information content (AvgIpc) is 2.57. The predicted molar refractivity (Wildman–Crippen MR) is 95.4 cm³/mol. The van der Waals surface area contributed by atoms with E-state index < -0.39 is 17.7 Å². The summed E-state index contributed by atoms with van der Waals surface area (Å²) in [6, 6.07) is 8.42. The van der Waals surface area contributed by atoms with Crippen molar-refractivity contribution in [1.82, 2.24) is 4.90 Å². The van der Waals surface area contributed by atoms with Gasteiger partial charge in [0.25, 0.3) is 0 Å². The number of aryl methyl sites for hydroxylation is 1. The molecule has 2 amide bonds. The maximum absolute atomic E-state index is 13.6. The fraction of sp³-hybridized carbons (Fsp3) is 0.278. The van der Waals surface area contributed by atoms with E-state index in [4.69, 9.17) is 11.6 Å². The number of anilines is 2. The molecule has 2 aromatic rings. The molecule has 0 saturated carbocycles. The summed E-state index contributed by atoms with van der Waals surface area (Å²) in [5.74, 6) is -1.47. The molecule has 4 nitrogen and oxygen atoms in total. The highest BCUT2D eigenvalue weighted by Gasteiger charge is 2.22. The van der Waals surface area contributed by atoms with Crippen LogP contribution in [0.1, 0.15) is 5.56 Å². The number of nitrogens with zero attached hydrogens (tertiary/aromatic N) is 2. The van der Waals surface area contributed by atoms with Crippen molar-refractivity contribution in [2.75, 3.05) is 36.4 Å². The zero-order valence-corrected chi connectivity index (χ0v) is 14.5. The summed E-state index contributed by atoms with van der Waals surface area (Å²) in [6.07, 6.45) is 0. The molecule has 0 radical (unpaired) electrons. The molecule has 0 spiro atoms. The van der Waals surface area contributed by atoms with E-state index in [0.29, 0.717) is 31.2 Å². The Balaban J connectivity index is 1.60. The van der Waals surface area contributed by atoms with E-state index in [9.17, 15) is 13.6 Å². The van der Waals surface area contributed by atoms with Gasteiger partial charge < -0.3 is 15.1 Å². The molecule has 1 fully saturated rings. The average molecular weight is 366 g/mol. The minimum atomic E-state index is -0.788. The molecule has 0 aliphatic carbocycles. The second-order valence-corrected chi connectivity index (χ2v) is 6.40. The molecule has 0 unspecified atom stereocenters. The van der Waals surface area contributed by atoms with Crippen LogP contribution in [0.4, 0.5) is 25.0 Å². The molecule has 0 bridgehead atoms. The monoisotopic (exact) mass is 365 g/mol. The van der Waals surface area contributed by atoms with Crippen LogP contribution in [0.25, 0.3) is 0 Å². The first-order valence-corrected chi connectivity index (χ1v) is 8.34. The van der Waals surface area contributed by atoms with Crippen LogP contribution in [0.15, 0.2) is 36.4 Å². The van der Waals surface area contributed by atoms with Gasteiger partial charge in [-0.3, -0.25) is 0 Å². The van der Waals surface area contributed by atoms with Gasteiger partial charge in [-0.05, 0) is 42.8 Å². The van der Waals surface area contributed by atoms with Crippen LogP contribution in [0.3, 0.4) is 0 Å². The number of carbonyl (C=O) groups is 1. The summed E-state index contributed by atoms with van der Waals surface area (Å²) in [7, 11) is 0. The van der Waals surface area contributed by atoms with E-state index in [2.05, 4.69) is 10.2 Å². The molecule has 25 heavy (non-hydrogen) atoms. The molecule has 7 heteroatoms. The third-order valence-corrected chi connectivity index (χ3v) is 4.47. The van der Waals surface area contributed by atoms with Crippen molar-refractivity contribution in [3.8, 4) is 0 Å². The topological polar surface area (TPSA) is 35.6 Å². The number of piperazine rings is 1. The highest BCUT2D eigenvalue weighted by Crippen LogP contribution is 2.25. The van der Waals surface area contributed by atoms with Crippen LogP contribution in [0.5, 0.6) is 0 Å². The van der Waals surface area contributed by atoms with Gasteiger partial charge in [-0.2, -0.15) is 0 Å². The van der Waals surface area contributed by atoms with Crippen molar-refractivity contribution in [2.45, 2.75) is 6.92 Å². The van der Waals surface area contributed by atoms with Gasteiger partial charge in [0.2, 0.25) is 0 Å². The van der Waals surface area contributed by atoms with Crippen LogP contribution < -0.4 is 10.2 Å². The smallest absolute Gasteiger partial charge is 0.322 e. The van der Waals surface area contributed by atoms with Gasteiger partial charge >= 0.3 is 6.03 Å². The molecule has 2 aromatic carbocycles. The van der Waals surface area contributed by atoms with Gasteiger partial charge in [-0.15, -0.1) is 0 Å². The van der Waals surface area contributed by atoms with Crippen molar-refractivity contribution in [3.63, 3.8) is 0 Å². The van der Waals surface area contributed by atoms with Crippen molar-refractivity contribution < 1.29 is 13.6 Å². The maximum atomic E-state index is 13.6. The maximum Gasteiger partial charge on any atom is 0.322 e. The number of halogens is 3. The molecule has 1 aliphatic rings. The zero-order valence-electron chi connectivity index (χ0n) is 13.7. The summed E-state index contributed by atoms with van der Waals surface area (Å²) in [5.41, 5.74) is 2.15. The number of hydrogen-bond acceptors (Lipinski definition) is 2. The van der Waals surface area contributed by atoms with Gasteiger partial charge in [-0.1, -0.05) is 11.6 Å². The SMILES string of the molecule is Cc1cc(Cl)ccc1N1CCN(C(=O)Nc2ccc(F)cc2F)CC1. The third kappa shape index (κ3) is 4.02. The molecular formula is C18H18ClF2N3O. The summed E-state index contributed by atoms with van der Waals surface area (Å²) in [5, 5.41) is 3.18. The number of rotatable bonds is 2. The second kappa shape index (κ2) is 7.27. The van der Waals surface area contributed by atoms with Crippen LogP contribution in [-0.2, 0) is 0 Å². The fourth-order valence-corrected chi connectivity index (χ4v) is 3.14. The second-order valence-electron chi connectivity index (χ2n) is 5.96. The number of carbonyl (C=O) groups excluding carboxylic acids is 1. The van der Waals surface area contributed by atoms with Crippen molar-refractivity contribution in [2.24, 2.45) is 0 Å². The Morgan fingerprint density at radius 1 is 1.08 bits per heavy atom. The molecule has 1 heterocycles. The van der Waals surface area contributed by atoms with E-state index in [1.807, 2.05) is 25.1 Å². The number of urea groups is 1.